The van der Waals surface area contributed by atoms with Crippen LogP contribution in [0.4, 0.5) is 0 Å². The van der Waals surface area contributed by atoms with Gasteiger partial charge in [-0.25, -0.2) is 0 Å². The largest absolute Gasteiger partial charge is 0.507 e. The van der Waals surface area contributed by atoms with Gasteiger partial charge >= 0.3 is 0 Å². The van der Waals surface area contributed by atoms with Crippen LogP contribution in [0.15, 0.2) is 66.7 Å². The Morgan fingerprint density at radius 2 is 1.58 bits per heavy atom. The average Bonchev–Trinajstić information content (AvgIpc) is 2.88. The Labute approximate surface area is 139 Å². The highest BCUT2D eigenvalue weighted by Crippen LogP contribution is 2.55. The van der Waals surface area contributed by atoms with E-state index in [2.05, 4.69) is 0 Å². The van der Waals surface area contributed by atoms with E-state index in [4.69, 9.17) is 0 Å². The second-order valence-electron chi connectivity index (χ2n) is 6.12. The van der Waals surface area contributed by atoms with Crippen LogP contribution >= 0.6 is 0 Å². The molecule has 4 heteroatoms. The second-order valence-corrected chi connectivity index (χ2v) is 6.12. The fourth-order valence-electron chi connectivity index (χ4n) is 3.68. The molecule has 3 aromatic carbocycles. The first-order chi connectivity index (χ1) is 11.5. The lowest BCUT2D eigenvalue weighted by molar-refractivity contribution is -0.560. The molecule has 24 heavy (non-hydrogen) atoms. The van der Waals surface area contributed by atoms with E-state index in [9.17, 15) is 15.2 Å². The van der Waals surface area contributed by atoms with E-state index in [0.717, 1.165) is 16.7 Å². The number of hydrogen-bond acceptors (Lipinski definition) is 3. The molecule has 118 valence electrons. The predicted molar refractivity (Wildman–Crippen MR) is 92.4 cm³/mol. The molecule has 4 nitrogen and oxygen atoms in total. The molecule has 0 aliphatic heterocycles. The minimum Gasteiger partial charge on any atom is -0.507 e. The first kappa shape index (κ1) is 14.5. The van der Waals surface area contributed by atoms with E-state index >= 15 is 0 Å². The summed E-state index contributed by atoms with van der Waals surface area (Å²) in [5.74, 6) is 0.0720. The summed E-state index contributed by atoms with van der Waals surface area (Å²) < 4.78 is 0. The van der Waals surface area contributed by atoms with Crippen LogP contribution in [-0.2, 0) is 5.54 Å². The van der Waals surface area contributed by atoms with Crippen molar-refractivity contribution in [1.29, 1.82) is 0 Å². The van der Waals surface area contributed by atoms with Gasteiger partial charge in [0.15, 0.2) is 0 Å². The van der Waals surface area contributed by atoms with Gasteiger partial charge in [-0.2, -0.15) is 0 Å². The molecule has 0 spiro atoms. The summed E-state index contributed by atoms with van der Waals surface area (Å²) in [6.07, 6.45) is 0. The van der Waals surface area contributed by atoms with Crippen molar-refractivity contribution >= 4 is 0 Å². The molecule has 0 heterocycles. The van der Waals surface area contributed by atoms with Crippen molar-refractivity contribution in [2.24, 2.45) is 0 Å². The number of phenols is 1. The molecule has 1 atom stereocenters. The average molecular weight is 317 g/mol. The van der Waals surface area contributed by atoms with Crippen molar-refractivity contribution in [3.8, 4) is 28.0 Å². The Hall–Kier alpha value is -3.14. The van der Waals surface area contributed by atoms with Crippen molar-refractivity contribution in [3.63, 3.8) is 0 Å². The molecule has 0 radical (unpaired) electrons. The fourth-order valence-corrected chi connectivity index (χ4v) is 3.68. The summed E-state index contributed by atoms with van der Waals surface area (Å²) in [5.41, 5.74) is 2.74. The molecule has 0 saturated heterocycles. The van der Waals surface area contributed by atoms with Crippen LogP contribution in [-0.4, -0.2) is 10.0 Å². The zero-order valence-corrected chi connectivity index (χ0v) is 13.1. The zero-order valence-electron chi connectivity index (χ0n) is 13.1. The van der Waals surface area contributed by atoms with Crippen LogP contribution in [0.5, 0.6) is 5.75 Å². The van der Waals surface area contributed by atoms with Crippen LogP contribution in [0, 0.1) is 10.1 Å². The van der Waals surface area contributed by atoms with Crippen molar-refractivity contribution in [2.75, 3.05) is 0 Å². The lowest BCUT2D eigenvalue weighted by Gasteiger charge is -2.21. The molecule has 0 bridgehead atoms. The predicted octanol–water partition coefficient (Wildman–Crippen LogP) is 4.58. The molecule has 1 unspecified atom stereocenters. The number of fused-ring (bicyclic) bond motifs is 3. The van der Waals surface area contributed by atoms with Crippen LogP contribution in [0.25, 0.3) is 22.3 Å². The summed E-state index contributed by atoms with van der Waals surface area (Å²) >= 11 is 0. The Bertz CT molecular complexity index is 966. The van der Waals surface area contributed by atoms with E-state index in [1.54, 1.807) is 31.2 Å². The lowest BCUT2D eigenvalue weighted by atomic mass is 9.85. The van der Waals surface area contributed by atoms with Crippen molar-refractivity contribution in [2.45, 2.75) is 12.5 Å². The maximum atomic E-state index is 12.1. The maximum Gasteiger partial charge on any atom is 0.271 e. The number of nitro groups is 1. The fraction of sp³-hybridized carbons (Fsp3) is 0.100. The van der Waals surface area contributed by atoms with Gasteiger partial charge in [0.05, 0.1) is 5.56 Å². The molecule has 0 fully saturated rings. The molecular weight excluding hydrogens is 302 g/mol. The van der Waals surface area contributed by atoms with Gasteiger partial charge in [-0.1, -0.05) is 60.7 Å². The van der Waals surface area contributed by atoms with Crippen molar-refractivity contribution < 1.29 is 10.0 Å². The second kappa shape index (κ2) is 4.93. The third-order valence-corrected chi connectivity index (χ3v) is 4.84. The molecule has 4 rings (SSSR count). The van der Waals surface area contributed by atoms with E-state index < -0.39 is 5.54 Å². The molecule has 3 aromatic rings. The summed E-state index contributed by atoms with van der Waals surface area (Å²) in [6, 6.07) is 20.2. The van der Waals surface area contributed by atoms with Crippen LogP contribution in [0.1, 0.15) is 18.1 Å². The standard InChI is InChI=1S/C20H15NO3/c1-20(21(23)24)16-10-6-5-9-15(16)18-17(22)12-11-14(19(18)20)13-7-3-2-4-8-13/h2-12,22H,1H3. The highest BCUT2D eigenvalue weighted by Gasteiger charge is 2.52. The van der Waals surface area contributed by atoms with Crippen LogP contribution in [0.3, 0.4) is 0 Å². The van der Waals surface area contributed by atoms with Gasteiger partial charge < -0.3 is 5.11 Å². The summed E-state index contributed by atoms with van der Waals surface area (Å²) in [7, 11) is 0. The zero-order chi connectivity index (χ0) is 16.9. The first-order valence-corrected chi connectivity index (χ1v) is 7.71. The van der Waals surface area contributed by atoms with Gasteiger partial charge in [-0.15, -0.1) is 0 Å². The number of phenolic OH excluding ortho intramolecular Hbond substituents is 1. The normalized spacial score (nSPS) is 18.0. The number of rotatable bonds is 2. The quantitative estimate of drug-likeness (QED) is 0.556. The van der Waals surface area contributed by atoms with Gasteiger partial charge in [0.25, 0.3) is 5.54 Å². The van der Waals surface area contributed by atoms with E-state index in [0.29, 0.717) is 16.7 Å². The number of hydrogen-bond donors (Lipinski definition) is 1. The van der Waals surface area contributed by atoms with Gasteiger partial charge in [0.2, 0.25) is 0 Å². The molecule has 1 aliphatic rings. The number of benzene rings is 3. The summed E-state index contributed by atoms with van der Waals surface area (Å²) in [6.45, 7) is 1.61. The minimum atomic E-state index is -1.39. The summed E-state index contributed by atoms with van der Waals surface area (Å²) in [4.78, 5) is 11.8. The molecule has 0 saturated carbocycles. The van der Waals surface area contributed by atoms with Gasteiger partial charge in [0, 0.05) is 23.0 Å². The van der Waals surface area contributed by atoms with E-state index in [-0.39, 0.29) is 10.7 Å². The third kappa shape index (κ3) is 1.74. The summed E-state index contributed by atoms with van der Waals surface area (Å²) in [5, 5.41) is 22.5. The SMILES string of the molecule is CC1([N+](=O)[O-])c2ccccc2-c2c(O)ccc(-c3ccccc3)c21. The van der Waals surface area contributed by atoms with Crippen LogP contribution in [0.2, 0.25) is 0 Å². The number of aromatic hydroxyl groups is 1. The van der Waals surface area contributed by atoms with Gasteiger partial charge in [-0.3, -0.25) is 10.1 Å². The molecular formula is C20H15NO3. The Morgan fingerprint density at radius 1 is 0.917 bits per heavy atom. The topological polar surface area (TPSA) is 63.4 Å². The molecule has 1 N–H and O–H groups in total. The van der Waals surface area contributed by atoms with E-state index in [1.807, 2.05) is 42.5 Å². The number of nitrogens with zero attached hydrogens (tertiary/aromatic N) is 1. The molecule has 0 amide bonds. The van der Waals surface area contributed by atoms with E-state index in [1.165, 1.54) is 0 Å². The monoisotopic (exact) mass is 317 g/mol. The van der Waals surface area contributed by atoms with Crippen LogP contribution < -0.4 is 0 Å². The lowest BCUT2D eigenvalue weighted by Crippen LogP contribution is -2.31. The Kier molecular flexibility index (Phi) is 2.97. The molecule has 1 aliphatic carbocycles. The van der Waals surface area contributed by atoms with Crippen molar-refractivity contribution in [1.82, 2.24) is 0 Å². The third-order valence-electron chi connectivity index (χ3n) is 4.84. The maximum absolute atomic E-state index is 12.1. The minimum absolute atomic E-state index is 0.0720. The molecule has 0 aromatic heterocycles. The highest BCUT2D eigenvalue weighted by molar-refractivity contribution is 5.90. The Morgan fingerprint density at radius 3 is 2.29 bits per heavy atom. The van der Waals surface area contributed by atoms with Gasteiger partial charge in [0.1, 0.15) is 5.75 Å². The smallest absolute Gasteiger partial charge is 0.271 e. The highest BCUT2D eigenvalue weighted by atomic mass is 16.6. The van der Waals surface area contributed by atoms with Gasteiger partial charge in [-0.05, 0) is 22.8 Å². The first-order valence-electron chi connectivity index (χ1n) is 7.71. The van der Waals surface area contributed by atoms with Crippen molar-refractivity contribution in [3.05, 3.63) is 88.0 Å². The Balaban J connectivity index is 2.15.